The zero-order chi connectivity index (χ0) is 12.1. The molecule has 1 atom stereocenters. The Morgan fingerprint density at radius 1 is 1.53 bits per heavy atom. The molecule has 1 saturated heterocycles. The minimum absolute atomic E-state index is 0.265. The zero-order valence-electron chi connectivity index (χ0n) is 10.2. The third-order valence-corrected chi connectivity index (χ3v) is 3.90. The van der Waals surface area contributed by atoms with Crippen molar-refractivity contribution in [2.75, 3.05) is 38.5 Å². The molecule has 1 aliphatic heterocycles. The fourth-order valence-electron chi connectivity index (χ4n) is 1.91. The number of aliphatic hydroxyl groups excluding tert-OH is 1. The molecule has 6 heteroatoms. The summed E-state index contributed by atoms with van der Waals surface area (Å²) in [5.41, 5.74) is 0. The molecule has 1 aliphatic rings. The normalized spacial score (nSPS) is 19.4. The summed E-state index contributed by atoms with van der Waals surface area (Å²) in [5, 5.41) is 17.4. The van der Waals surface area contributed by atoms with E-state index in [0.29, 0.717) is 0 Å². The summed E-state index contributed by atoms with van der Waals surface area (Å²) in [4.78, 5) is 3.43. The second-order valence-electron chi connectivity index (χ2n) is 4.37. The number of aliphatic hydroxyl groups is 1. The molecule has 1 aromatic rings. The second kappa shape index (κ2) is 6.39. The van der Waals surface area contributed by atoms with Crippen LogP contribution in [0.15, 0.2) is 17.3 Å². The van der Waals surface area contributed by atoms with Crippen molar-refractivity contribution < 1.29 is 5.11 Å². The van der Waals surface area contributed by atoms with Gasteiger partial charge in [0.25, 0.3) is 0 Å². The SMILES string of the molecule is Cn1cc(SCC(O)CN2CCNCC2)cn1. The Balaban J connectivity index is 1.68. The highest BCUT2D eigenvalue weighted by Crippen LogP contribution is 2.17. The lowest BCUT2D eigenvalue weighted by Crippen LogP contribution is -2.46. The van der Waals surface area contributed by atoms with Crippen LogP contribution in [0, 0.1) is 0 Å². The molecule has 0 aromatic carbocycles. The molecule has 0 radical (unpaired) electrons. The van der Waals surface area contributed by atoms with E-state index in [1.807, 2.05) is 19.4 Å². The summed E-state index contributed by atoms with van der Waals surface area (Å²) < 4.78 is 1.78. The topological polar surface area (TPSA) is 53.3 Å². The Morgan fingerprint density at radius 2 is 2.29 bits per heavy atom. The molecule has 0 saturated carbocycles. The molecule has 0 spiro atoms. The van der Waals surface area contributed by atoms with Gasteiger partial charge >= 0.3 is 0 Å². The quantitative estimate of drug-likeness (QED) is 0.713. The Morgan fingerprint density at radius 3 is 2.94 bits per heavy atom. The Hall–Kier alpha value is -0.560. The predicted octanol–water partition coefficient (Wildman–Crippen LogP) is -0.222. The van der Waals surface area contributed by atoms with Gasteiger partial charge in [-0.05, 0) is 0 Å². The molecule has 17 heavy (non-hydrogen) atoms. The van der Waals surface area contributed by atoms with Crippen molar-refractivity contribution in [1.82, 2.24) is 20.0 Å². The molecule has 5 nitrogen and oxygen atoms in total. The number of piperazine rings is 1. The van der Waals surface area contributed by atoms with Crippen LogP contribution in [0.2, 0.25) is 0 Å². The van der Waals surface area contributed by atoms with E-state index in [0.717, 1.165) is 43.4 Å². The lowest BCUT2D eigenvalue weighted by molar-refractivity contribution is 0.121. The highest BCUT2D eigenvalue weighted by molar-refractivity contribution is 7.99. The van der Waals surface area contributed by atoms with Gasteiger partial charge in [0.05, 0.1) is 12.3 Å². The van der Waals surface area contributed by atoms with Crippen molar-refractivity contribution >= 4 is 11.8 Å². The van der Waals surface area contributed by atoms with E-state index in [-0.39, 0.29) is 6.10 Å². The Bertz CT molecular complexity index is 338. The number of nitrogens with one attached hydrogen (secondary N) is 1. The van der Waals surface area contributed by atoms with Crippen LogP contribution >= 0.6 is 11.8 Å². The minimum atomic E-state index is -0.265. The first-order chi connectivity index (χ1) is 8.24. The molecule has 1 aromatic heterocycles. The van der Waals surface area contributed by atoms with E-state index in [1.54, 1.807) is 16.4 Å². The van der Waals surface area contributed by atoms with Gasteiger partial charge in [0.1, 0.15) is 0 Å². The second-order valence-corrected chi connectivity index (χ2v) is 5.46. The lowest BCUT2D eigenvalue weighted by Gasteiger charge is -2.28. The lowest BCUT2D eigenvalue weighted by atomic mass is 10.3. The number of hydrogen-bond acceptors (Lipinski definition) is 5. The molecule has 1 unspecified atom stereocenters. The summed E-state index contributed by atoms with van der Waals surface area (Å²) in [5.74, 6) is 0.732. The first kappa shape index (κ1) is 12.9. The van der Waals surface area contributed by atoms with E-state index in [1.165, 1.54) is 0 Å². The number of β-amino-alcohol motifs (C(OH)–C–C–N with tert-alkyl or cyclic N) is 1. The zero-order valence-corrected chi connectivity index (χ0v) is 11.0. The highest BCUT2D eigenvalue weighted by Gasteiger charge is 2.14. The summed E-state index contributed by atoms with van der Waals surface area (Å²) in [6.07, 6.45) is 3.54. The molecule has 96 valence electrons. The molecule has 0 bridgehead atoms. The largest absolute Gasteiger partial charge is 0.391 e. The van der Waals surface area contributed by atoms with Crippen molar-refractivity contribution in [2.45, 2.75) is 11.0 Å². The van der Waals surface area contributed by atoms with Crippen molar-refractivity contribution in [3.63, 3.8) is 0 Å². The number of aryl methyl sites for hydroxylation is 1. The van der Waals surface area contributed by atoms with E-state index in [2.05, 4.69) is 15.3 Å². The summed E-state index contributed by atoms with van der Waals surface area (Å²) in [6.45, 7) is 4.91. The van der Waals surface area contributed by atoms with Crippen LogP contribution in [0.5, 0.6) is 0 Å². The van der Waals surface area contributed by atoms with E-state index >= 15 is 0 Å². The van der Waals surface area contributed by atoms with Crippen LogP contribution in [0.25, 0.3) is 0 Å². The molecule has 1 fully saturated rings. The first-order valence-electron chi connectivity index (χ1n) is 5.96. The predicted molar refractivity (Wildman–Crippen MR) is 69.2 cm³/mol. The standard InChI is InChI=1S/C11H20N4OS/c1-14-8-11(6-13-14)17-9-10(16)7-15-4-2-12-3-5-15/h6,8,10,12,16H,2-5,7,9H2,1H3. The molecular formula is C11H20N4OS. The molecule has 2 rings (SSSR count). The van der Waals surface area contributed by atoms with E-state index in [9.17, 15) is 5.11 Å². The van der Waals surface area contributed by atoms with Crippen LogP contribution in [-0.4, -0.2) is 64.4 Å². The summed E-state index contributed by atoms with van der Waals surface area (Å²) in [7, 11) is 1.90. The number of aromatic nitrogens is 2. The third kappa shape index (κ3) is 4.31. The van der Waals surface area contributed by atoms with Gasteiger partial charge in [-0.3, -0.25) is 9.58 Å². The monoisotopic (exact) mass is 256 g/mol. The molecule has 0 amide bonds. The van der Waals surface area contributed by atoms with Gasteiger partial charge in [-0.1, -0.05) is 0 Å². The van der Waals surface area contributed by atoms with Crippen molar-refractivity contribution in [1.29, 1.82) is 0 Å². The average Bonchev–Trinajstić information content (AvgIpc) is 2.74. The van der Waals surface area contributed by atoms with Gasteiger partial charge in [0.15, 0.2) is 0 Å². The first-order valence-corrected chi connectivity index (χ1v) is 6.95. The van der Waals surface area contributed by atoms with Gasteiger partial charge in [0, 0.05) is 56.6 Å². The number of thioether (sulfide) groups is 1. The van der Waals surface area contributed by atoms with E-state index in [4.69, 9.17) is 0 Å². The number of hydrogen-bond donors (Lipinski definition) is 2. The Labute approximate surface area is 106 Å². The minimum Gasteiger partial charge on any atom is -0.391 e. The fraction of sp³-hybridized carbons (Fsp3) is 0.727. The molecule has 2 heterocycles. The van der Waals surface area contributed by atoms with Crippen molar-refractivity contribution in [2.24, 2.45) is 7.05 Å². The van der Waals surface area contributed by atoms with Crippen molar-refractivity contribution in [3.8, 4) is 0 Å². The van der Waals surface area contributed by atoms with E-state index < -0.39 is 0 Å². The molecule has 2 N–H and O–H groups in total. The maximum atomic E-state index is 9.96. The maximum Gasteiger partial charge on any atom is 0.0760 e. The van der Waals surface area contributed by atoms with Crippen LogP contribution < -0.4 is 5.32 Å². The maximum absolute atomic E-state index is 9.96. The third-order valence-electron chi connectivity index (χ3n) is 2.80. The average molecular weight is 256 g/mol. The van der Waals surface area contributed by atoms with Crippen molar-refractivity contribution in [3.05, 3.63) is 12.4 Å². The van der Waals surface area contributed by atoms with Crippen LogP contribution in [0.1, 0.15) is 0 Å². The van der Waals surface area contributed by atoms with Gasteiger partial charge in [-0.25, -0.2) is 0 Å². The van der Waals surface area contributed by atoms with Crippen LogP contribution in [0.4, 0.5) is 0 Å². The summed E-state index contributed by atoms with van der Waals surface area (Å²) >= 11 is 1.66. The molecule has 0 aliphatic carbocycles. The fourth-order valence-corrected chi connectivity index (χ4v) is 2.75. The summed E-state index contributed by atoms with van der Waals surface area (Å²) in [6, 6.07) is 0. The highest BCUT2D eigenvalue weighted by atomic mass is 32.2. The smallest absolute Gasteiger partial charge is 0.0760 e. The number of rotatable bonds is 5. The van der Waals surface area contributed by atoms with Gasteiger partial charge in [0.2, 0.25) is 0 Å². The van der Waals surface area contributed by atoms with Gasteiger partial charge in [-0.15, -0.1) is 11.8 Å². The van der Waals surface area contributed by atoms with Crippen LogP contribution in [0.3, 0.4) is 0 Å². The van der Waals surface area contributed by atoms with Gasteiger partial charge in [-0.2, -0.15) is 5.10 Å². The Kier molecular flexibility index (Phi) is 4.85. The number of nitrogens with zero attached hydrogens (tertiary/aromatic N) is 3. The van der Waals surface area contributed by atoms with Crippen LogP contribution in [-0.2, 0) is 7.05 Å². The molecular weight excluding hydrogens is 236 g/mol. The van der Waals surface area contributed by atoms with Gasteiger partial charge < -0.3 is 10.4 Å².